The first-order valence-corrected chi connectivity index (χ1v) is 8.21. The highest BCUT2D eigenvalue weighted by atomic mass is 32.2. The van der Waals surface area contributed by atoms with Gasteiger partial charge in [-0.15, -0.1) is 5.10 Å². The number of nitro groups is 1. The Balaban J connectivity index is 1.89. The van der Waals surface area contributed by atoms with E-state index in [2.05, 4.69) is 15.2 Å². The zero-order chi connectivity index (χ0) is 19.6. The van der Waals surface area contributed by atoms with Crippen LogP contribution in [-0.2, 0) is 4.79 Å². The van der Waals surface area contributed by atoms with Crippen molar-refractivity contribution in [2.75, 3.05) is 0 Å². The van der Waals surface area contributed by atoms with Gasteiger partial charge in [0.05, 0.1) is 4.92 Å². The molecule has 0 fully saturated rings. The normalized spacial score (nSPS) is 11.6. The van der Waals surface area contributed by atoms with Crippen LogP contribution in [0.25, 0.3) is 17.4 Å². The first-order chi connectivity index (χ1) is 12.8. The summed E-state index contributed by atoms with van der Waals surface area (Å²) in [4.78, 5) is 25.4. The Hall–Kier alpha value is -3.47. The third kappa shape index (κ3) is 4.20. The van der Waals surface area contributed by atoms with Gasteiger partial charge in [0.15, 0.2) is 0 Å². The lowest BCUT2D eigenvalue weighted by atomic mass is 10.1. The standard InChI is InChI=1S/C16H11FN4O5S/c1-8-18-16(20-19-8)27-14(15(22)23)7-10-3-5-13(26-10)9-2-4-11(17)12(6-9)21(24)25/h2-7H,1H3,(H,22,23)(H,18,19,20)/b14-7-. The van der Waals surface area contributed by atoms with E-state index in [0.717, 1.165) is 23.9 Å². The van der Waals surface area contributed by atoms with Gasteiger partial charge in [-0.2, -0.15) is 4.39 Å². The number of aromatic nitrogens is 3. The number of thioether (sulfide) groups is 1. The molecular weight excluding hydrogens is 379 g/mol. The van der Waals surface area contributed by atoms with E-state index in [9.17, 15) is 24.4 Å². The summed E-state index contributed by atoms with van der Waals surface area (Å²) in [5, 5.41) is 26.9. The molecule has 0 saturated carbocycles. The van der Waals surface area contributed by atoms with Gasteiger partial charge in [0.1, 0.15) is 22.3 Å². The van der Waals surface area contributed by atoms with Gasteiger partial charge in [-0.05, 0) is 43.0 Å². The number of carboxylic acids is 1. The Morgan fingerprint density at radius 3 is 2.81 bits per heavy atom. The van der Waals surface area contributed by atoms with Gasteiger partial charge < -0.3 is 9.52 Å². The average molecular weight is 390 g/mol. The van der Waals surface area contributed by atoms with Crippen molar-refractivity contribution in [3.8, 4) is 11.3 Å². The maximum Gasteiger partial charge on any atom is 0.342 e. The smallest absolute Gasteiger partial charge is 0.342 e. The van der Waals surface area contributed by atoms with Gasteiger partial charge in [0.25, 0.3) is 0 Å². The summed E-state index contributed by atoms with van der Waals surface area (Å²) in [6.45, 7) is 1.68. The van der Waals surface area contributed by atoms with Crippen molar-refractivity contribution >= 4 is 29.5 Å². The molecule has 2 aromatic heterocycles. The molecule has 0 amide bonds. The molecule has 27 heavy (non-hydrogen) atoms. The van der Waals surface area contributed by atoms with Crippen LogP contribution in [0.2, 0.25) is 0 Å². The highest BCUT2D eigenvalue weighted by molar-refractivity contribution is 8.04. The van der Waals surface area contributed by atoms with Crippen molar-refractivity contribution in [1.29, 1.82) is 0 Å². The number of nitro benzene ring substituents is 1. The van der Waals surface area contributed by atoms with Crippen molar-refractivity contribution in [2.45, 2.75) is 12.1 Å². The Kier molecular flexibility index (Phi) is 5.03. The van der Waals surface area contributed by atoms with E-state index < -0.39 is 22.4 Å². The van der Waals surface area contributed by atoms with Crippen LogP contribution in [0.4, 0.5) is 10.1 Å². The predicted octanol–water partition coefficient (Wildman–Crippen LogP) is 3.64. The molecule has 0 radical (unpaired) electrons. The monoisotopic (exact) mass is 390 g/mol. The Bertz CT molecular complexity index is 1060. The lowest BCUT2D eigenvalue weighted by Crippen LogP contribution is -1.97. The number of hydrogen-bond donors (Lipinski definition) is 2. The molecule has 0 atom stereocenters. The fraction of sp³-hybridized carbons (Fsp3) is 0.0625. The number of halogens is 1. The van der Waals surface area contributed by atoms with Crippen LogP contribution >= 0.6 is 11.8 Å². The molecule has 3 rings (SSSR count). The van der Waals surface area contributed by atoms with Crippen molar-refractivity contribution in [2.24, 2.45) is 0 Å². The van der Waals surface area contributed by atoms with E-state index in [1.165, 1.54) is 24.3 Å². The van der Waals surface area contributed by atoms with Gasteiger partial charge in [0.2, 0.25) is 11.0 Å². The number of rotatable bonds is 6. The summed E-state index contributed by atoms with van der Waals surface area (Å²) in [6, 6.07) is 6.35. The first kappa shape index (κ1) is 18.3. The molecule has 0 saturated heterocycles. The van der Waals surface area contributed by atoms with Crippen LogP contribution in [0.15, 0.2) is 44.8 Å². The zero-order valence-corrected chi connectivity index (χ0v) is 14.5. The Morgan fingerprint density at radius 2 is 2.19 bits per heavy atom. The summed E-state index contributed by atoms with van der Waals surface area (Å²) in [7, 11) is 0. The lowest BCUT2D eigenvalue weighted by molar-refractivity contribution is -0.387. The van der Waals surface area contributed by atoms with Crippen molar-refractivity contribution < 1.29 is 23.6 Å². The number of hydrogen-bond acceptors (Lipinski definition) is 7. The van der Waals surface area contributed by atoms with Gasteiger partial charge in [-0.25, -0.2) is 9.78 Å². The molecule has 9 nitrogen and oxygen atoms in total. The summed E-state index contributed by atoms with van der Waals surface area (Å²) < 4.78 is 19.0. The van der Waals surface area contributed by atoms with Gasteiger partial charge in [-0.1, -0.05) is 0 Å². The van der Waals surface area contributed by atoms with Crippen molar-refractivity contribution in [3.63, 3.8) is 0 Å². The second-order valence-electron chi connectivity index (χ2n) is 5.24. The summed E-state index contributed by atoms with van der Waals surface area (Å²) >= 11 is 0.835. The van der Waals surface area contributed by atoms with Crippen LogP contribution in [0.5, 0.6) is 0 Å². The number of carbonyl (C=O) groups is 1. The number of aryl methyl sites for hydroxylation is 1. The van der Waals surface area contributed by atoms with E-state index in [1.54, 1.807) is 6.92 Å². The SMILES string of the molecule is Cc1nc(S/C(=C\c2ccc(-c3ccc(F)c([N+](=O)[O-])c3)o2)C(=O)O)n[nH]1. The number of aromatic amines is 1. The van der Waals surface area contributed by atoms with Gasteiger partial charge in [0, 0.05) is 17.7 Å². The third-order valence-electron chi connectivity index (χ3n) is 3.32. The van der Waals surface area contributed by atoms with Crippen LogP contribution < -0.4 is 0 Å². The van der Waals surface area contributed by atoms with E-state index in [-0.39, 0.29) is 27.1 Å². The number of aliphatic carboxylic acids is 1. The number of furan rings is 1. The molecule has 0 bridgehead atoms. The lowest BCUT2D eigenvalue weighted by Gasteiger charge is -1.99. The van der Waals surface area contributed by atoms with Crippen LogP contribution in [0.1, 0.15) is 11.6 Å². The molecule has 0 aliphatic heterocycles. The summed E-state index contributed by atoms with van der Waals surface area (Å²) in [6.07, 6.45) is 1.28. The summed E-state index contributed by atoms with van der Waals surface area (Å²) in [5.74, 6) is -1.18. The number of benzene rings is 1. The molecule has 0 unspecified atom stereocenters. The number of H-pyrrole nitrogens is 1. The molecule has 0 aliphatic carbocycles. The maximum absolute atomic E-state index is 13.4. The van der Waals surface area contributed by atoms with Crippen LogP contribution in [0, 0.1) is 22.9 Å². The highest BCUT2D eigenvalue weighted by Crippen LogP contribution is 2.30. The minimum absolute atomic E-state index is 0.0833. The second-order valence-corrected chi connectivity index (χ2v) is 6.25. The van der Waals surface area contributed by atoms with E-state index in [4.69, 9.17) is 4.42 Å². The molecule has 3 aromatic rings. The number of carboxylic acid groups (broad SMARTS) is 1. The molecule has 11 heteroatoms. The van der Waals surface area contributed by atoms with Gasteiger partial charge >= 0.3 is 11.7 Å². The van der Waals surface area contributed by atoms with Crippen LogP contribution in [-0.4, -0.2) is 31.2 Å². The maximum atomic E-state index is 13.4. The van der Waals surface area contributed by atoms with E-state index >= 15 is 0 Å². The van der Waals surface area contributed by atoms with Crippen LogP contribution in [0.3, 0.4) is 0 Å². The average Bonchev–Trinajstić information content (AvgIpc) is 3.23. The van der Waals surface area contributed by atoms with Gasteiger partial charge in [-0.3, -0.25) is 15.2 Å². The third-order valence-corrected chi connectivity index (χ3v) is 4.19. The Labute approximate surface area is 155 Å². The van der Waals surface area contributed by atoms with Crippen molar-refractivity contribution in [3.05, 3.63) is 62.8 Å². The molecule has 0 spiro atoms. The minimum atomic E-state index is -1.20. The zero-order valence-electron chi connectivity index (χ0n) is 13.7. The first-order valence-electron chi connectivity index (χ1n) is 7.39. The quantitative estimate of drug-likeness (QED) is 0.282. The molecule has 2 heterocycles. The second kappa shape index (κ2) is 7.41. The minimum Gasteiger partial charge on any atom is -0.477 e. The topological polar surface area (TPSA) is 135 Å². The predicted molar refractivity (Wildman–Crippen MR) is 93.3 cm³/mol. The van der Waals surface area contributed by atoms with E-state index in [0.29, 0.717) is 5.82 Å². The fourth-order valence-corrected chi connectivity index (χ4v) is 2.85. The molecular formula is C16H11FN4O5S. The molecule has 138 valence electrons. The van der Waals surface area contributed by atoms with Crippen molar-refractivity contribution in [1.82, 2.24) is 15.2 Å². The molecule has 1 aromatic carbocycles. The highest BCUT2D eigenvalue weighted by Gasteiger charge is 2.17. The fourth-order valence-electron chi connectivity index (χ4n) is 2.12. The molecule has 2 N–H and O–H groups in total. The largest absolute Gasteiger partial charge is 0.477 e. The Morgan fingerprint density at radius 1 is 1.41 bits per heavy atom. The number of nitrogens with one attached hydrogen (secondary N) is 1. The summed E-state index contributed by atoms with van der Waals surface area (Å²) in [5.41, 5.74) is -0.389. The van der Waals surface area contributed by atoms with E-state index in [1.807, 2.05) is 0 Å². The molecule has 0 aliphatic rings. The number of nitrogens with zero attached hydrogens (tertiary/aromatic N) is 3.